The molecule has 1 aromatic heterocycles. The zero-order valence-corrected chi connectivity index (χ0v) is 24.5. The summed E-state index contributed by atoms with van der Waals surface area (Å²) in [5.74, 6) is -0.155. The molecule has 0 atom stereocenters. The molecule has 0 spiro atoms. The van der Waals surface area contributed by atoms with Gasteiger partial charge in [-0.1, -0.05) is 72.3 Å². The maximum absolute atomic E-state index is 13.5. The van der Waals surface area contributed by atoms with Crippen molar-refractivity contribution in [3.05, 3.63) is 122 Å². The van der Waals surface area contributed by atoms with Crippen LogP contribution < -0.4 is 0 Å². The smallest absolute Gasteiger partial charge is 0.332 e. The normalized spacial score (nSPS) is 11.8. The van der Waals surface area contributed by atoms with E-state index in [0.29, 0.717) is 54.0 Å². The van der Waals surface area contributed by atoms with E-state index in [2.05, 4.69) is 4.98 Å². The molecule has 0 unspecified atom stereocenters. The molecule has 1 heterocycles. The number of amides is 1. The summed E-state index contributed by atoms with van der Waals surface area (Å²) in [6, 6.07) is 22.5. The van der Waals surface area contributed by atoms with E-state index in [4.69, 9.17) is 11.6 Å². The zero-order chi connectivity index (χ0) is 29.4. The second kappa shape index (κ2) is 14.1. The lowest BCUT2D eigenvalue weighted by Crippen LogP contribution is -2.36. The highest BCUT2D eigenvalue weighted by Crippen LogP contribution is 2.30. The van der Waals surface area contributed by atoms with Gasteiger partial charge in [0.2, 0.25) is 0 Å². The van der Waals surface area contributed by atoms with Crippen molar-refractivity contribution in [3.8, 4) is 0 Å². The molecule has 0 saturated carbocycles. The van der Waals surface area contributed by atoms with E-state index < -0.39 is 11.7 Å². The Bertz CT molecular complexity index is 1430. The summed E-state index contributed by atoms with van der Waals surface area (Å²) in [5.41, 5.74) is 2.17. The monoisotopic (exact) mass is 600 g/mol. The highest BCUT2D eigenvalue weighted by atomic mass is 35.5. The Morgan fingerprint density at radius 2 is 1.49 bits per heavy atom. The van der Waals surface area contributed by atoms with Crippen molar-refractivity contribution in [1.29, 1.82) is 0 Å². The van der Waals surface area contributed by atoms with Gasteiger partial charge in [0.15, 0.2) is 0 Å². The van der Waals surface area contributed by atoms with Crippen molar-refractivity contribution in [2.75, 3.05) is 27.2 Å². The van der Waals surface area contributed by atoms with E-state index in [9.17, 15) is 18.0 Å². The molecule has 0 saturated heterocycles. The SMILES string of the molecule is CN(C)CCN(Cc1ccccc1)C(=O)c1csc(CN(Cc2cccc(Cl)c2)Cc2cccc(C(F)(F)F)c2)n1. The highest BCUT2D eigenvalue weighted by molar-refractivity contribution is 7.09. The van der Waals surface area contributed by atoms with Gasteiger partial charge < -0.3 is 9.80 Å². The average Bonchev–Trinajstić information content (AvgIpc) is 3.39. The Morgan fingerprint density at radius 3 is 2.15 bits per heavy atom. The van der Waals surface area contributed by atoms with E-state index >= 15 is 0 Å². The molecule has 0 bridgehead atoms. The minimum absolute atomic E-state index is 0.155. The molecule has 41 heavy (non-hydrogen) atoms. The van der Waals surface area contributed by atoms with Crippen LogP contribution in [0.1, 0.15) is 37.7 Å². The number of rotatable bonds is 12. The predicted molar refractivity (Wildman–Crippen MR) is 158 cm³/mol. The van der Waals surface area contributed by atoms with Crippen molar-refractivity contribution in [2.45, 2.75) is 32.4 Å². The van der Waals surface area contributed by atoms with E-state index in [-0.39, 0.29) is 12.5 Å². The molecular weight excluding hydrogens is 569 g/mol. The summed E-state index contributed by atoms with van der Waals surface area (Å²) in [5, 5.41) is 3.04. The molecule has 10 heteroatoms. The average molecular weight is 601 g/mol. The van der Waals surface area contributed by atoms with Crippen molar-refractivity contribution in [2.24, 2.45) is 0 Å². The fraction of sp³-hybridized carbons (Fsp3) is 0.290. The van der Waals surface area contributed by atoms with Crippen LogP contribution >= 0.6 is 22.9 Å². The minimum Gasteiger partial charge on any atom is -0.332 e. The van der Waals surface area contributed by atoms with Gasteiger partial charge in [0.25, 0.3) is 5.91 Å². The number of thiazole rings is 1. The van der Waals surface area contributed by atoms with Gasteiger partial charge in [-0.15, -0.1) is 11.3 Å². The minimum atomic E-state index is -4.42. The number of aromatic nitrogens is 1. The third-order valence-electron chi connectivity index (χ3n) is 6.41. The molecule has 5 nitrogen and oxygen atoms in total. The third kappa shape index (κ3) is 9.39. The molecule has 0 radical (unpaired) electrons. The molecule has 4 aromatic rings. The topological polar surface area (TPSA) is 39.7 Å². The number of hydrogen-bond acceptors (Lipinski definition) is 5. The van der Waals surface area contributed by atoms with Gasteiger partial charge in [0, 0.05) is 43.1 Å². The van der Waals surface area contributed by atoms with Crippen LogP contribution in [0.2, 0.25) is 5.02 Å². The quantitative estimate of drug-likeness (QED) is 0.172. The maximum Gasteiger partial charge on any atom is 0.416 e. The summed E-state index contributed by atoms with van der Waals surface area (Å²) in [7, 11) is 3.93. The van der Waals surface area contributed by atoms with Gasteiger partial charge in [0.05, 0.1) is 12.1 Å². The molecule has 216 valence electrons. The molecule has 1 amide bonds. The largest absolute Gasteiger partial charge is 0.416 e. The fourth-order valence-corrected chi connectivity index (χ4v) is 5.40. The van der Waals surface area contributed by atoms with Gasteiger partial charge in [-0.25, -0.2) is 4.98 Å². The van der Waals surface area contributed by atoms with E-state index in [0.717, 1.165) is 17.2 Å². The van der Waals surface area contributed by atoms with Crippen LogP contribution in [0.4, 0.5) is 13.2 Å². The fourth-order valence-electron chi connectivity index (χ4n) is 4.38. The van der Waals surface area contributed by atoms with Crippen molar-refractivity contribution < 1.29 is 18.0 Å². The Morgan fingerprint density at radius 1 is 0.829 bits per heavy atom. The highest BCUT2D eigenvalue weighted by Gasteiger charge is 2.30. The second-order valence-electron chi connectivity index (χ2n) is 10.1. The number of alkyl halides is 3. The van der Waals surface area contributed by atoms with Crippen LogP contribution in [0.5, 0.6) is 0 Å². The number of carbonyl (C=O) groups excluding carboxylic acids is 1. The van der Waals surface area contributed by atoms with Crippen LogP contribution in [0.3, 0.4) is 0 Å². The lowest BCUT2D eigenvalue weighted by Gasteiger charge is -2.24. The maximum atomic E-state index is 13.5. The summed E-state index contributed by atoms with van der Waals surface area (Å²) in [6.45, 7) is 2.79. The lowest BCUT2D eigenvalue weighted by atomic mass is 10.1. The number of carbonyl (C=O) groups is 1. The molecule has 0 aliphatic carbocycles. The molecule has 0 aliphatic heterocycles. The van der Waals surface area contributed by atoms with Gasteiger partial charge in [-0.05, 0) is 49.0 Å². The first-order valence-corrected chi connectivity index (χ1v) is 14.4. The van der Waals surface area contributed by atoms with E-state index in [1.54, 1.807) is 22.4 Å². The molecule has 4 rings (SSSR count). The zero-order valence-electron chi connectivity index (χ0n) is 22.9. The van der Waals surface area contributed by atoms with Crippen molar-refractivity contribution >= 4 is 28.8 Å². The van der Waals surface area contributed by atoms with Crippen molar-refractivity contribution in [3.63, 3.8) is 0 Å². The van der Waals surface area contributed by atoms with Gasteiger partial charge in [-0.3, -0.25) is 9.69 Å². The summed E-state index contributed by atoms with van der Waals surface area (Å²) >= 11 is 7.56. The van der Waals surface area contributed by atoms with E-state index in [1.165, 1.54) is 23.5 Å². The van der Waals surface area contributed by atoms with Crippen molar-refractivity contribution in [1.82, 2.24) is 19.7 Å². The molecule has 0 fully saturated rings. The Labute approximate surface area is 247 Å². The van der Waals surface area contributed by atoms with Crippen LogP contribution in [0.25, 0.3) is 0 Å². The molecular formula is C31H32ClF3N4OS. The first-order chi connectivity index (χ1) is 19.6. The van der Waals surface area contributed by atoms with Gasteiger partial charge >= 0.3 is 6.18 Å². The Kier molecular flexibility index (Phi) is 10.6. The summed E-state index contributed by atoms with van der Waals surface area (Å²) in [4.78, 5) is 24.0. The van der Waals surface area contributed by atoms with Crippen LogP contribution in [-0.2, 0) is 32.4 Å². The number of nitrogens with zero attached hydrogens (tertiary/aromatic N) is 4. The standard InChI is InChI=1S/C31H32ClF3N4OS/c1-37(2)14-15-39(20-23-8-4-3-5-9-23)30(40)28-22-41-29(36-28)21-38(19-25-11-7-13-27(32)17-25)18-24-10-6-12-26(16-24)31(33,34)35/h3-13,16-17,22H,14-15,18-21H2,1-2H3. The first-order valence-electron chi connectivity index (χ1n) is 13.1. The first kappa shape index (κ1) is 30.7. The number of benzene rings is 3. The third-order valence-corrected chi connectivity index (χ3v) is 7.47. The summed E-state index contributed by atoms with van der Waals surface area (Å²) < 4.78 is 40.0. The molecule has 0 aliphatic rings. The van der Waals surface area contributed by atoms with Crippen LogP contribution in [0, 0.1) is 0 Å². The van der Waals surface area contributed by atoms with Crippen LogP contribution in [-0.4, -0.2) is 52.8 Å². The molecule has 0 N–H and O–H groups in total. The summed E-state index contributed by atoms with van der Waals surface area (Å²) in [6.07, 6.45) is -4.42. The Balaban J connectivity index is 1.54. The lowest BCUT2D eigenvalue weighted by molar-refractivity contribution is -0.137. The van der Waals surface area contributed by atoms with E-state index in [1.807, 2.05) is 72.4 Å². The van der Waals surface area contributed by atoms with Gasteiger partial charge in [-0.2, -0.15) is 13.2 Å². The Hall–Kier alpha value is -3.24. The number of halogens is 4. The molecule has 3 aromatic carbocycles. The predicted octanol–water partition coefficient (Wildman–Crippen LogP) is 7.22. The number of hydrogen-bond donors (Lipinski definition) is 0. The second-order valence-corrected chi connectivity index (χ2v) is 11.5. The van der Waals surface area contributed by atoms with Crippen LogP contribution in [0.15, 0.2) is 84.2 Å². The number of likely N-dealkylation sites (N-methyl/N-ethyl adjacent to an activating group) is 1. The van der Waals surface area contributed by atoms with Gasteiger partial charge in [0.1, 0.15) is 10.7 Å².